The third kappa shape index (κ3) is 3.02. The van der Waals surface area contributed by atoms with Gasteiger partial charge in [0.1, 0.15) is 5.75 Å². The van der Waals surface area contributed by atoms with E-state index in [2.05, 4.69) is 18.3 Å². The molecule has 0 saturated carbocycles. The van der Waals surface area contributed by atoms with Crippen molar-refractivity contribution in [2.75, 3.05) is 23.9 Å². The van der Waals surface area contributed by atoms with Crippen molar-refractivity contribution in [3.63, 3.8) is 0 Å². The Morgan fingerprint density at radius 2 is 2.09 bits per heavy atom. The molecule has 0 fully saturated rings. The largest absolute Gasteiger partial charge is 0.495 e. The van der Waals surface area contributed by atoms with Crippen LogP contribution < -0.4 is 15.0 Å². The summed E-state index contributed by atoms with van der Waals surface area (Å²) in [6.07, 6.45) is 0.912. The quantitative estimate of drug-likeness (QED) is 0.941. The fourth-order valence-corrected chi connectivity index (χ4v) is 3.16. The molecule has 3 rings (SSSR count). The van der Waals surface area contributed by atoms with E-state index in [4.69, 9.17) is 4.74 Å². The van der Waals surface area contributed by atoms with E-state index in [9.17, 15) is 4.79 Å². The summed E-state index contributed by atoms with van der Waals surface area (Å²) in [5.74, 6) is 0.823. The van der Waals surface area contributed by atoms with E-state index in [1.54, 1.807) is 7.11 Å². The number of hydrogen-bond donors (Lipinski definition) is 1. The highest BCUT2D eigenvalue weighted by atomic mass is 16.5. The molecule has 0 bridgehead atoms. The summed E-state index contributed by atoms with van der Waals surface area (Å²) in [6, 6.07) is 14.2. The summed E-state index contributed by atoms with van der Waals surface area (Å²) in [4.78, 5) is 14.6. The molecule has 0 aromatic heterocycles. The van der Waals surface area contributed by atoms with Crippen molar-refractivity contribution < 1.29 is 9.53 Å². The zero-order valence-electron chi connectivity index (χ0n) is 13.8. The Labute approximate surface area is 137 Å². The topological polar surface area (TPSA) is 41.6 Å². The number of fused-ring (bicyclic) bond motifs is 1. The van der Waals surface area contributed by atoms with Crippen molar-refractivity contribution in [3.8, 4) is 5.75 Å². The molecule has 4 nitrogen and oxygen atoms in total. The number of methoxy groups -OCH3 is 1. The Morgan fingerprint density at radius 1 is 1.30 bits per heavy atom. The highest BCUT2D eigenvalue weighted by Gasteiger charge is 2.30. The van der Waals surface area contributed by atoms with E-state index in [0.717, 1.165) is 29.1 Å². The Kier molecular flexibility index (Phi) is 4.24. The molecule has 1 aliphatic rings. The van der Waals surface area contributed by atoms with Crippen molar-refractivity contribution in [2.45, 2.75) is 26.3 Å². The number of nitrogens with zero attached hydrogens (tertiary/aromatic N) is 1. The van der Waals surface area contributed by atoms with Crippen LogP contribution in [-0.2, 0) is 11.2 Å². The predicted molar refractivity (Wildman–Crippen MR) is 93.3 cm³/mol. The van der Waals surface area contributed by atoms with Crippen molar-refractivity contribution in [2.24, 2.45) is 0 Å². The second-order valence-corrected chi connectivity index (χ2v) is 6.00. The summed E-state index contributed by atoms with van der Waals surface area (Å²) < 4.78 is 5.35. The van der Waals surface area contributed by atoms with E-state index in [-0.39, 0.29) is 18.5 Å². The van der Waals surface area contributed by atoms with Crippen LogP contribution in [0, 0.1) is 6.92 Å². The number of para-hydroxylation sites is 1. The zero-order chi connectivity index (χ0) is 16.4. The minimum Gasteiger partial charge on any atom is -0.495 e. The van der Waals surface area contributed by atoms with Gasteiger partial charge in [-0.1, -0.05) is 24.3 Å². The highest BCUT2D eigenvalue weighted by molar-refractivity contribution is 5.98. The molecule has 23 heavy (non-hydrogen) atoms. The van der Waals surface area contributed by atoms with Gasteiger partial charge in [-0.25, -0.2) is 0 Å². The van der Waals surface area contributed by atoms with Crippen LogP contribution in [0.1, 0.15) is 18.1 Å². The van der Waals surface area contributed by atoms with Crippen molar-refractivity contribution >= 4 is 17.3 Å². The van der Waals surface area contributed by atoms with E-state index in [0.29, 0.717) is 0 Å². The molecule has 1 N–H and O–H groups in total. The van der Waals surface area contributed by atoms with Crippen LogP contribution >= 0.6 is 0 Å². The van der Waals surface area contributed by atoms with Gasteiger partial charge in [0.25, 0.3) is 0 Å². The molecule has 0 aliphatic carbocycles. The van der Waals surface area contributed by atoms with Gasteiger partial charge in [0, 0.05) is 11.7 Å². The van der Waals surface area contributed by atoms with Crippen LogP contribution in [0.4, 0.5) is 11.4 Å². The third-order valence-corrected chi connectivity index (χ3v) is 4.26. The number of nitrogens with one attached hydrogen (secondary N) is 1. The number of benzene rings is 2. The monoisotopic (exact) mass is 310 g/mol. The van der Waals surface area contributed by atoms with Gasteiger partial charge in [0.2, 0.25) is 5.91 Å². The Bertz CT molecular complexity index is 727. The normalized spacial score (nSPS) is 16.1. The molecule has 2 aromatic rings. The highest BCUT2D eigenvalue weighted by Crippen LogP contribution is 2.32. The number of hydrogen-bond acceptors (Lipinski definition) is 3. The maximum absolute atomic E-state index is 12.7. The van der Waals surface area contributed by atoms with Gasteiger partial charge in [-0.05, 0) is 49.6 Å². The molecule has 0 spiro atoms. The van der Waals surface area contributed by atoms with Crippen LogP contribution in [0.2, 0.25) is 0 Å². The lowest BCUT2D eigenvalue weighted by Gasteiger charge is -2.23. The van der Waals surface area contributed by atoms with E-state index in [1.807, 2.05) is 48.2 Å². The number of carbonyl (C=O) groups is 1. The number of ether oxygens (including phenoxy) is 1. The molecular formula is C19H22N2O2. The average molecular weight is 310 g/mol. The maximum atomic E-state index is 12.7. The van der Waals surface area contributed by atoms with Crippen LogP contribution in [-0.4, -0.2) is 25.6 Å². The van der Waals surface area contributed by atoms with Gasteiger partial charge < -0.3 is 15.0 Å². The molecule has 0 saturated heterocycles. The smallest absolute Gasteiger partial charge is 0.246 e. The molecule has 4 heteroatoms. The first-order valence-electron chi connectivity index (χ1n) is 7.88. The van der Waals surface area contributed by atoms with Gasteiger partial charge in [-0.15, -0.1) is 0 Å². The van der Waals surface area contributed by atoms with Crippen molar-refractivity contribution in [3.05, 3.63) is 53.6 Å². The fraction of sp³-hybridized carbons (Fsp3) is 0.316. The second kappa shape index (κ2) is 6.32. The number of anilines is 2. The van der Waals surface area contributed by atoms with E-state index >= 15 is 0 Å². The van der Waals surface area contributed by atoms with Gasteiger partial charge in [-0.2, -0.15) is 0 Å². The molecule has 120 valence electrons. The van der Waals surface area contributed by atoms with Crippen molar-refractivity contribution in [1.82, 2.24) is 0 Å². The molecule has 1 atom stereocenters. The Hall–Kier alpha value is -2.49. The van der Waals surface area contributed by atoms with Crippen LogP contribution in [0.5, 0.6) is 5.75 Å². The average Bonchev–Trinajstić information content (AvgIpc) is 2.88. The zero-order valence-corrected chi connectivity index (χ0v) is 13.8. The molecular weight excluding hydrogens is 288 g/mol. The first-order valence-corrected chi connectivity index (χ1v) is 7.88. The first-order chi connectivity index (χ1) is 11.1. The summed E-state index contributed by atoms with van der Waals surface area (Å²) in [6.45, 7) is 4.36. The lowest BCUT2D eigenvalue weighted by atomic mass is 10.1. The summed E-state index contributed by atoms with van der Waals surface area (Å²) in [5, 5.41) is 3.22. The van der Waals surface area contributed by atoms with Crippen molar-refractivity contribution in [1.29, 1.82) is 0 Å². The van der Waals surface area contributed by atoms with E-state index < -0.39 is 0 Å². The Balaban J connectivity index is 1.74. The summed E-state index contributed by atoms with van der Waals surface area (Å²) >= 11 is 0. The molecule has 0 unspecified atom stereocenters. The molecule has 1 heterocycles. The SMILES string of the molecule is COc1ccc(C)cc1NCC(=O)N1c2ccccc2C[C@@H]1C. The molecule has 1 aliphatic heterocycles. The Morgan fingerprint density at radius 3 is 2.87 bits per heavy atom. The minimum absolute atomic E-state index is 0.0750. The second-order valence-electron chi connectivity index (χ2n) is 6.00. The minimum atomic E-state index is 0.0750. The molecule has 2 aromatic carbocycles. The van der Waals surface area contributed by atoms with Gasteiger partial charge in [-0.3, -0.25) is 4.79 Å². The fourth-order valence-electron chi connectivity index (χ4n) is 3.16. The van der Waals surface area contributed by atoms with E-state index in [1.165, 1.54) is 5.56 Å². The van der Waals surface area contributed by atoms with Crippen LogP contribution in [0.3, 0.4) is 0 Å². The lowest BCUT2D eigenvalue weighted by molar-refractivity contribution is -0.117. The van der Waals surface area contributed by atoms with Gasteiger partial charge in [0.05, 0.1) is 19.3 Å². The van der Waals surface area contributed by atoms with Crippen LogP contribution in [0.25, 0.3) is 0 Å². The first kappa shape index (κ1) is 15.4. The summed E-state index contributed by atoms with van der Waals surface area (Å²) in [7, 11) is 1.64. The summed E-state index contributed by atoms with van der Waals surface area (Å²) in [5.41, 5.74) is 4.24. The molecule has 0 radical (unpaired) electrons. The van der Waals surface area contributed by atoms with Gasteiger partial charge >= 0.3 is 0 Å². The molecule has 1 amide bonds. The van der Waals surface area contributed by atoms with Crippen LogP contribution in [0.15, 0.2) is 42.5 Å². The predicted octanol–water partition coefficient (Wildman–Crippen LogP) is 3.39. The number of amides is 1. The number of carbonyl (C=O) groups excluding carboxylic acids is 1. The standard InChI is InChI=1S/C19H22N2O2/c1-13-8-9-18(23-3)16(10-13)20-12-19(22)21-14(2)11-15-6-4-5-7-17(15)21/h4-10,14,20H,11-12H2,1-3H3/t14-/m0/s1. The number of rotatable bonds is 4. The lowest BCUT2D eigenvalue weighted by Crippen LogP contribution is -2.39. The number of aryl methyl sites for hydroxylation is 1. The van der Waals surface area contributed by atoms with Gasteiger partial charge in [0.15, 0.2) is 0 Å². The maximum Gasteiger partial charge on any atom is 0.246 e. The third-order valence-electron chi connectivity index (χ3n) is 4.26.